The largest absolute Gasteiger partial charge is 0.508 e. The maximum atomic E-state index is 11.6. The van der Waals surface area contributed by atoms with Gasteiger partial charge in [0.1, 0.15) is 11.4 Å². The van der Waals surface area contributed by atoms with Crippen molar-refractivity contribution in [1.29, 1.82) is 0 Å². The van der Waals surface area contributed by atoms with Crippen molar-refractivity contribution in [3.05, 3.63) is 110 Å². The van der Waals surface area contributed by atoms with Gasteiger partial charge < -0.3 is 10.2 Å². The van der Waals surface area contributed by atoms with E-state index in [1.165, 1.54) is 18.2 Å². The molecule has 3 rings (SSSR count). The summed E-state index contributed by atoms with van der Waals surface area (Å²) in [6, 6.07) is 17.9. The second kappa shape index (κ2) is 7.84. The second-order valence-electron chi connectivity index (χ2n) is 6.43. The van der Waals surface area contributed by atoms with Crippen LogP contribution in [0.1, 0.15) is 22.3 Å². The number of hydrogen-bond donors (Lipinski definition) is 2. The third kappa shape index (κ3) is 3.91. The number of aliphatic hydroxyl groups is 1. The van der Waals surface area contributed by atoms with Crippen LogP contribution in [0.5, 0.6) is 5.75 Å². The summed E-state index contributed by atoms with van der Waals surface area (Å²) in [4.78, 5) is 10.9. The maximum absolute atomic E-state index is 11.6. The van der Waals surface area contributed by atoms with E-state index in [0.717, 1.165) is 5.56 Å². The summed E-state index contributed by atoms with van der Waals surface area (Å²) < 4.78 is 0. The molecule has 3 aromatic carbocycles. The van der Waals surface area contributed by atoms with Gasteiger partial charge in [0.15, 0.2) is 0 Å². The van der Waals surface area contributed by atoms with E-state index in [2.05, 4.69) is 0 Å². The summed E-state index contributed by atoms with van der Waals surface area (Å²) >= 11 is 5.91. The first-order valence-corrected chi connectivity index (χ1v) is 8.90. The van der Waals surface area contributed by atoms with Crippen molar-refractivity contribution in [2.45, 2.75) is 12.5 Å². The standard InChI is InChI=1S/C22H18ClNO4/c1-15-6-9-17(14-20(15)24(27)28)22(26,19-4-2-3-5-21(19)25)13-12-16-7-10-18(23)11-8-16/h2-14,25-26H,1H3/b13-12+. The monoisotopic (exact) mass is 395 g/mol. The molecule has 0 amide bonds. The number of aryl methyl sites for hydroxylation is 1. The number of phenolic OH excluding ortho intramolecular Hbond substituents is 1. The Balaban J connectivity index is 2.18. The average molecular weight is 396 g/mol. The SMILES string of the molecule is Cc1ccc(C(O)(/C=C/c2ccc(Cl)cc2)c2ccccc2O)cc1[N+](=O)[O-]. The molecule has 142 valence electrons. The van der Waals surface area contributed by atoms with Crippen LogP contribution in [-0.4, -0.2) is 15.1 Å². The van der Waals surface area contributed by atoms with Crippen LogP contribution in [0.25, 0.3) is 6.08 Å². The lowest BCUT2D eigenvalue weighted by Crippen LogP contribution is -2.25. The lowest BCUT2D eigenvalue weighted by atomic mass is 9.84. The first-order valence-electron chi connectivity index (χ1n) is 8.52. The molecular formula is C22H18ClNO4. The van der Waals surface area contributed by atoms with Crippen LogP contribution in [0.3, 0.4) is 0 Å². The minimum absolute atomic E-state index is 0.105. The molecule has 0 saturated carbocycles. The van der Waals surface area contributed by atoms with Crippen LogP contribution in [-0.2, 0) is 5.60 Å². The molecule has 0 aromatic heterocycles. The molecule has 1 atom stereocenters. The summed E-state index contributed by atoms with van der Waals surface area (Å²) in [5, 5.41) is 33.8. The molecule has 0 aliphatic heterocycles. The van der Waals surface area contributed by atoms with Gasteiger partial charge in [0.25, 0.3) is 5.69 Å². The number of nitro groups is 1. The Bertz CT molecular complexity index is 1050. The third-order valence-electron chi connectivity index (χ3n) is 4.55. The molecule has 1 unspecified atom stereocenters. The molecule has 5 nitrogen and oxygen atoms in total. The fourth-order valence-corrected chi connectivity index (χ4v) is 3.10. The van der Waals surface area contributed by atoms with Gasteiger partial charge in [0, 0.05) is 22.2 Å². The van der Waals surface area contributed by atoms with Crippen molar-refractivity contribution >= 4 is 23.4 Å². The van der Waals surface area contributed by atoms with Crippen molar-refractivity contribution in [1.82, 2.24) is 0 Å². The van der Waals surface area contributed by atoms with Crippen molar-refractivity contribution in [2.75, 3.05) is 0 Å². The molecule has 2 N–H and O–H groups in total. The molecule has 0 bridgehead atoms. The molecule has 6 heteroatoms. The second-order valence-corrected chi connectivity index (χ2v) is 6.86. The number of hydrogen-bond acceptors (Lipinski definition) is 4. The quantitative estimate of drug-likeness (QED) is 0.458. The van der Waals surface area contributed by atoms with Crippen LogP contribution in [0.2, 0.25) is 5.02 Å². The smallest absolute Gasteiger partial charge is 0.272 e. The number of phenols is 1. The van der Waals surface area contributed by atoms with Gasteiger partial charge in [-0.2, -0.15) is 0 Å². The van der Waals surface area contributed by atoms with Gasteiger partial charge in [0.05, 0.1) is 4.92 Å². The molecule has 28 heavy (non-hydrogen) atoms. The van der Waals surface area contributed by atoms with Crippen LogP contribution in [0, 0.1) is 17.0 Å². The van der Waals surface area contributed by atoms with Crippen LogP contribution in [0.15, 0.2) is 72.8 Å². The lowest BCUT2D eigenvalue weighted by Gasteiger charge is -2.27. The molecular weight excluding hydrogens is 378 g/mol. The molecule has 0 spiro atoms. The fraction of sp³-hybridized carbons (Fsp3) is 0.0909. The number of nitro benzene ring substituents is 1. The van der Waals surface area contributed by atoms with E-state index in [1.54, 1.807) is 67.6 Å². The fourth-order valence-electron chi connectivity index (χ4n) is 2.97. The minimum Gasteiger partial charge on any atom is -0.508 e. The summed E-state index contributed by atoms with van der Waals surface area (Å²) in [5.41, 5.74) is -0.125. The molecule has 0 aliphatic rings. The van der Waals surface area contributed by atoms with Crippen LogP contribution >= 0.6 is 11.6 Å². The highest BCUT2D eigenvalue weighted by Gasteiger charge is 2.33. The van der Waals surface area contributed by atoms with E-state index in [4.69, 9.17) is 11.6 Å². The maximum Gasteiger partial charge on any atom is 0.272 e. The van der Waals surface area contributed by atoms with Gasteiger partial charge >= 0.3 is 0 Å². The van der Waals surface area contributed by atoms with E-state index in [9.17, 15) is 20.3 Å². The zero-order valence-corrected chi connectivity index (χ0v) is 15.8. The third-order valence-corrected chi connectivity index (χ3v) is 4.80. The van der Waals surface area contributed by atoms with Gasteiger partial charge in [-0.15, -0.1) is 0 Å². The summed E-state index contributed by atoms with van der Waals surface area (Å²) in [6.45, 7) is 1.63. The molecule has 0 aliphatic carbocycles. The van der Waals surface area contributed by atoms with Gasteiger partial charge in [-0.05, 0) is 42.3 Å². The van der Waals surface area contributed by atoms with Gasteiger partial charge in [0.2, 0.25) is 0 Å². The van der Waals surface area contributed by atoms with Crippen molar-refractivity contribution in [3.63, 3.8) is 0 Å². The highest BCUT2D eigenvalue weighted by molar-refractivity contribution is 6.30. The van der Waals surface area contributed by atoms with Gasteiger partial charge in [-0.3, -0.25) is 10.1 Å². The van der Waals surface area contributed by atoms with E-state index in [-0.39, 0.29) is 22.6 Å². The van der Waals surface area contributed by atoms with E-state index in [0.29, 0.717) is 10.6 Å². The normalized spacial score (nSPS) is 13.4. The van der Waals surface area contributed by atoms with Crippen molar-refractivity contribution in [2.24, 2.45) is 0 Å². The first-order chi connectivity index (χ1) is 13.3. The Morgan fingerprint density at radius 1 is 1.07 bits per heavy atom. The summed E-state index contributed by atoms with van der Waals surface area (Å²) in [7, 11) is 0. The number of nitrogens with zero attached hydrogens (tertiary/aromatic N) is 1. The molecule has 0 radical (unpaired) electrons. The number of rotatable bonds is 5. The Kier molecular flexibility index (Phi) is 5.49. The number of para-hydroxylation sites is 1. The van der Waals surface area contributed by atoms with E-state index < -0.39 is 10.5 Å². The highest BCUT2D eigenvalue weighted by atomic mass is 35.5. The average Bonchev–Trinajstić information content (AvgIpc) is 2.67. The van der Waals surface area contributed by atoms with E-state index >= 15 is 0 Å². The minimum atomic E-state index is -1.77. The Labute approximate surface area is 167 Å². The summed E-state index contributed by atoms with van der Waals surface area (Å²) in [5.74, 6) is -0.117. The number of aromatic hydroxyl groups is 1. The predicted molar refractivity (Wildman–Crippen MR) is 109 cm³/mol. The van der Waals surface area contributed by atoms with Crippen molar-refractivity contribution < 1.29 is 15.1 Å². The molecule has 0 fully saturated rings. The summed E-state index contributed by atoms with van der Waals surface area (Å²) in [6.07, 6.45) is 3.17. The van der Waals surface area contributed by atoms with Crippen molar-refractivity contribution in [3.8, 4) is 5.75 Å². The van der Waals surface area contributed by atoms with E-state index in [1.807, 2.05) is 0 Å². The molecule has 0 saturated heterocycles. The predicted octanol–water partition coefficient (Wildman–Crippen LogP) is 5.21. The first kappa shape index (κ1) is 19.6. The van der Waals surface area contributed by atoms with Crippen LogP contribution in [0.4, 0.5) is 5.69 Å². The van der Waals surface area contributed by atoms with Gasteiger partial charge in [-0.25, -0.2) is 0 Å². The topological polar surface area (TPSA) is 83.6 Å². The van der Waals surface area contributed by atoms with Gasteiger partial charge in [-0.1, -0.05) is 60.1 Å². The molecule has 0 heterocycles. The number of halogens is 1. The Morgan fingerprint density at radius 3 is 2.39 bits per heavy atom. The zero-order chi connectivity index (χ0) is 20.3. The molecule has 3 aromatic rings. The number of benzene rings is 3. The Morgan fingerprint density at radius 2 is 1.75 bits per heavy atom. The Hall–Kier alpha value is -3.15. The highest BCUT2D eigenvalue weighted by Crippen LogP contribution is 2.38. The van der Waals surface area contributed by atoms with Crippen LogP contribution < -0.4 is 0 Å². The lowest BCUT2D eigenvalue weighted by molar-refractivity contribution is -0.385. The zero-order valence-electron chi connectivity index (χ0n) is 15.0.